The fourth-order valence-electron chi connectivity index (χ4n) is 2.85. The van der Waals surface area contributed by atoms with Gasteiger partial charge in [-0.3, -0.25) is 4.79 Å². The molecule has 1 heterocycles. The predicted octanol–water partition coefficient (Wildman–Crippen LogP) is 2.24. The zero-order valence-electron chi connectivity index (χ0n) is 14.9. The quantitative estimate of drug-likeness (QED) is 0.605. The number of H-pyrrole nitrogens is 1. The molecule has 2 aromatic carbocycles. The lowest BCUT2D eigenvalue weighted by atomic mass is 10.1. The van der Waals surface area contributed by atoms with Crippen molar-refractivity contribution in [2.45, 2.75) is 17.4 Å². The van der Waals surface area contributed by atoms with Gasteiger partial charge in [-0.1, -0.05) is 18.2 Å². The number of methoxy groups -OCH3 is 2. The number of carbonyl (C=O) groups excluding carboxylic acids is 1. The SMILES string of the molecule is COC(=O)[C@@H](Cc1c[nH]c2ccccc12)NS(=O)(=O)c1ccc(OC)cc1. The van der Waals surface area contributed by atoms with E-state index in [1.54, 1.807) is 18.3 Å². The third-order valence-electron chi connectivity index (χ3n) is 4.25. The number of hydrogen-bond acceptors (Lipinski definition) is 5. The molecule has 142 valence electrons. The number of hydrogen-bond donors (Lipinski definition) is 2. The van der Waals surface area contributed by atoms with E-state index in [1.165, 1.54) is 26.4 Å². The van der Waals surface area contributed by atoms with Gasteiger partial charge >= 0.3 is 5.97 Å². The van der Waals surface area contributed by atoms with Crippen molar-refractivity contribution in [3.63, 3.8) is 0 Å². The van der Waals surface area contributed by atoms with Crippen LogP contribution in [0.15, 0.2) is 59.6 Å². The fourth-order valence-corrected chi connectivity index (χ4v) is 4.03. The van der Waals surface area contributed by atoms with Crippen molar-refractivity contribution in [1.29, 1.82) is 0 Å². The first-order valence-electron chi connectivity index (χ1n) is 8.24. The molecule has 27 heavy (non-hydrogen) atoms. The molecule has 0 saturated heterocycles. The monoisotopic (exact) mass is 388 g/mol. The molecular weight excluding hydrogens is 368 g/mol. The average Bonchev–Trinajstić information content (AvgIpc) is 3.09. The largest absolute Gasteiger partial charge is 0.497 e. The number of esters is 1. The van der Waals surface area contributed by atoms with E-state index in [-0.39, 0.29) is 11.3 Å². The van der Waals surface area contributed by atoms with Gasteiger partial charge in [0.25, 0.3) is 0 Å². The molecule has 0 saturated carbocycles. The highest BCUT2D eigenvalue weighted by atomic mass is 32.2. The number of sulfonamides is 1. The maximum atomic E-state index is 12.7. The Morgan fingerprint density at radius 3 is 2.48 bits per heavy atom. The van der Waals surface area contributed by atoms with Crippen molar-refractivity contribution < 1.29 is 22.7 Å². The number of carbonyl (C=O) groups is 1. The molecule has 0 aliphatic heterocycles. The third kappa shape index (κ3) is 4.12. The van der Waals surface area contributed by atoms with Gasteiger partial charge in [-0.15, -0.1) is 0 Å². The molecule has 3 aromatic rings. The van der Waals surface area contributed by atoms with Gasteiger partial charge in [0.2, 0.25) is 10.0 Å². The van der Waals surface area contributed by atoms with Crippen LogP contribution in [-0.2, 0) is 26.0 Å². The van der Waals surface area contributed by atoms with Crippen LogP contribution in [0.2, 0.25) is 0 Å². The number of benzene rings is 2. The Labute approximate surface area is 157 Å². The maximum absolute atomic E-state index is 12.7. The second kappa shape index (κ2) is 7.81. The first kappa shape index (κ1) is 18.9. The van der Waals surface area contributed by atoms with Crippen LogP contribution in [0.25, 0.3) is 10.9 Å². The Morgan fingerprint density at radius 1 is 1.11 bits per heavy atom. The number of para-hydroxylation sites is 1. The van der Waals surface area contributed by atoms with Gasteiger partial charge in [-0.05, 0) is 35.9 Å². The Bertz CT molecular complexity index is 1040. The highest BCUT2D eigenvalue weighted by Crippen LogP contribution is 2.21. The van der Waals surface area contributed by atoms with E-state index in [1.807, 2.05) is 24.3 Å². The summed E-state index contributed by atoms with van der Waals surface area (Å²) in [6.45, 7) is 0. The molecule has 0 bridgehead atoms. The highest BCUT2D eigenvalue weighted by Gasteiger charge is 2.27. The van der Waals surface area contributed by atoms with Crippen LogP contribution in [0.4, 0.5) is 0 Å². The standard InChI is InChI=1S/C19H20N2O5S/c1-25-14-7-9-15(10-8-14)27(23,24)21-18(19(22)26-2)11-13-12-20-17-6-4-3-5-16(13)17/h3-10,12,18,20-21H,11H2,1-2H3/t18-/m1/s1. The number of rotatable bonds is 7. The van der Waals surface area contributed by atoms with Crippen LogP contribution in [-0.4, -0.2) is 39.6 Å². The molecule has 0 aliphatic rings. The summed E-state index contributed by atoms with van der Waals surface area (Å²) in [7, 11) is -1.19. The summed E-state index contributed by atoms with van der Waals surface area (Å²) in [5.74, 6) is -0.116. The minimum Gasteiger partial charge on any atom is -0.497 e. The summed E-state index contributed by atoms with van der Waals surface area (Å²) in [5, 5.41) is 0.926. The summed E-state index contributed by atoms with van der Waals surface area (Å²) >= 11 is 0. The fraction of sp³-hybridized carbons (Fsp3) is 0.211. The molecule has 7 nitrogen and oxygen atoms in total. The molecule has 3 rings (SSSR count). The van der Waals surface area contributed by atoms with Gasteiger partial charge in [0, 0.05) is 23.5 Å². The molecule has 0 fully saturated rings. The van der Waals surface area contributed by atoms with Gasteiger partial charge in [0.05, 0.1) is 19.1 Å². The van der Waals surface area contributed by atoms with Crippen molar-refractivity contribution in [1.82, 2.24) is 9.71 Å². The maximum Gasteiger partial charge on any atom is 0.324 e. The minimum absolute atomic E-state index is 0.0381. The summed E-state index contributed by atoms with van der Waals surface area (Å²) in [4.78, 5) is 15.4. The minimum atomic E-state index is -3.91. The lowest BCUT2D eigenvalue weighted by Gasteiger charge is -2.16. The van der Waals surface area contributed by atoms with Crippen molar-refractivity contribution >= 4 is 26.9 Å². The van der Waals surface area contributed by atoms with Crippen molar-refractivity contribution in [2.24, 2.45) is 0 Å². The molecule has 0 radical (unpaired) electrons. The van der Waals surface area contributed by atoms with E-state index in [0.29, 0.717) is 5.75 Å². The van der Waals surface area contributed by atoms with Gasteiger partial charge in [0.15, 0.2) is 0 Å². The van der Waals surface area contributed by atoms with Crippen LogP contribution in [0.3, 0.4) is 0 Å². The third-order valence-corrected chi connectivity index (χ3v) is 5.74. The van der Waals surface area contributed by atoms with E-state index in [9.17, 15) is 13.2 Å². The Hall–Kier alpha value is -2.84. The van der Waals surface area contributed by atoms with Crippen LogP contribution in [0.1, 0.15) is 5.56 Å². The second-order valence-electron chi connectivity index (χ2n) is 5.94. The molecule has 1 aromatic heterocycles. The topological polar surface area (TPSA) is 97.5 Å². The number of ether oxygens (including phenoxy) is 2. The molecule has 0 unspecified atom stereocenters. The molecule has 0 aliphatic carbocycles. The smallest absolute Gasteiger partial charge is 0.324 e. The average molecular weight is 388 g/mol. The van der Waals surface area contributed by atoms with Gasteiger partial charge in [-0.2, -0.15) is 4.72 Å². The van der Waals surface area contributed by atoms with Gasteiger partial charge in [0.1, 0.15) is 11.8 Å². The van der Waals surface area contributed by atoms with Crippen molar-refractivity contribution in [3.05, 3.63) is 60.3 Å². The number of nitrogens with one attached hydrogen (secondary N) is 2. The van der Waals surface area contributed by atoms with Crippen LogP contribution in [0.5, 0.6) is 5.75 Å². The molecule has 8 heteroatoms. The predicted molar refractivity (Wildman–Crippen MR) is 101 cm³/mol. The zero-order chi connectivity index (χ0) is 19.4. The van der Waals surface area contributed by atoms with Crippen molar-refractivity contribution in [3.8, 4) is 5.75 Å². The molecule has 1 atom stereocenters. The van der Waals surface area contributed by atoms with E-state index < -0.39 is 22.0 Å². The van der Waals surface area contributed by atoms with Gasteiger partial charge in [-0.25, -0.2) is 8.42 Å². The first-order chi connectivity index (χ1) is 12.9. The van der Waals surface area contributed by atoms with Crippen LogP contribution < -0.4 is 9.46 Å². The lowest BCUT2D eigenvalue weighted by molar-refractivity contribution is -0.142. The van der Waals surface area contributed by atoms with Crippen molar-refractivity contribution in [2.75, 3.05) is 14.2 Å². The zero-order valence-corrected chi connectivity index (χ0v) is 15.7. The molecular formula is C19H20N2O5S. The summed E-state index contributed by atoms with van der Waals surface area (Å²) in [6, 6.07) is 12.5. The van der Waals surface area contributed by atoms with Gasteiger partial charge < -0.3 is 14.5 Å². The van der Waals surface area contributed by atoms with Crippen LogP contribution >= 0.6 is 0 Å². The lowest BCUT2D eigenvalue weighted by Crippen LogP contribution is -2.42. The number of aromatic amines is 1. The molecule has 2 N–H and O–H groups in total. The molecule has 0 amide bonds. The first-order valence-corrected chi connectivity index (χ1v) is 9.72. The van der Waals surface area contributed by atoms with E-state index in [4.69, 9.17) is 9.47 Å². The second-order valence-corrected chi connectivity index (χ2v) is 7.65. The Balaban J connectivity index is 1.87. The Morgan fingerprint density at radius 2 is 1.81 bits per heavy atom. The summed E-state index contributed by atoms with van der Waals surface area (Å²) in [5.41, 5.74) is 1.73. The normalized spacial score (nSPS) is 12.7. The number of fused-ring (bicyclic) bond motifs is 1. The Kier molecular flexibility index (Phi) is 5.48. The summed E-state index contributed by atoms with van der Waals surface area (Å²) in [6.07, 6.45) is 1.92. The number of aromatic nitrogens is 1. The van der Waals surface area contributed by atoms with Crippen LogP contribution in [0, 0.1) is 0 Å². The van der Waals surface area contributed by atoms with E-state index >= 15 is 0 Å². The summed E-state index contributed by atoms with van der Waals surface area (Å²) < 4.78 is 37.7. The van der Waals surface area contributed by atoms with E-state index in [0.717, 1.165) is 16.5 Å². The highest BCUT2D eigenvalue weighted by molar-refractivity contribution is 7.89. The molecule has 0 spiro atoms. The van der Waals surface area contributed by atoms with E-state index in [2.05, 4.69) is 9.71 Å².